The van der Waals surface area contributed by atoms with Crippen LogP contribution in [0.5, 0.6) is 0 Å². The Bertz CT molecular complexity index is 944. The fourth-order valence-corrected chi connectivity index (χ4v) is 3.15. The van der Waals surface area contributed by atoms with Crippen LogP contribution in [0.3, 0.4) is 0 Å². The summed E-state index contributed by atoms with van der Waals surface area (Å²) >= 11 is 0. The maximum absolute atomic E-state index is 3.63. The summed E-state index contributed by atoms with van der Waals surface area (Å²) in [5.41, 5.74) is 5.99. The van der Waals surface area contributed by atoms with Gasteiger partial charge < -0.3 is 5.32 Å². The number of aryl methyl sites for hydroxylation is 2. The first kappa shape index (κ1) is 13.8. The number of aromatic nitrogens is 1. The molecule has 0 saturated heterocycles. The molecule has 0 spiro atoms. The monoisotopic (exact) mass is 299 g/mol. The lowest BCUT2D eigenvalue weighted by molar-refractivity contribution is -0.617. The van der Waals surface area contributed by atoms with Crippen molar-refractivity contribution in [3.05, 3.63) is 78.4 Å². The van der Waals surface area contributed by atoms with Crippen molar-refractivity contribution in [2.24, 2.45) is 7.05 Å². The summed E-state index contributed by atoms with van der Waals surface area (Å²) in [6.45, 7) is 2.11. The molecule has 0 bridgehead atoms. The second kappa shape index (κ2) is 5.40. The molecule has 0 aliphatic rings. The fourth-order valence-electron chi connectivity index (χ4n) is 3.15. The number of pyridine rings is 1. The van der Waals surface area contributed by atoms with E-state index >= 15 is 0 Å². The molecule has 4 aromatic rings. The summed E-state index contributed by atoms with van der Waals surface area (Å²) in [5, 5.41) is 6.09. The minimum Gasteiger partial charge on any atom is -0.354 e. The van der Waals surface area contributed by atoms with Crippen LogP contribution in [0.15, 0.2) is 72.8 Å². The third-order valence-corrected chi connectivity index (χ3v) is 4.39. The number of anilines is 2. The number of nitrogens with zero attached hydrogens (tertiary/aromatic N) is 1. The normalized spacial score (nSPS) is 11.0. The topological polar surface area (TPSA) is 15.9 Å². The predicted octanol–water partition coefficient (Wildman–Crippen LogP) is 4.87. The fraction of sp³-hybridized carbons (Fsp3) is 0.0952. The third-order valence-electron chi connectivity index (χ3n) is 4.39. The Balaban J connectivity index is 2.02. The molecule has 0 aliphatic heterocycles. The minimum absolute atomic E-state index is 1.11. The molecule has 2 heteroatoms. The van der Waals surface area contributed by atoms with Gasteiger partial charge in [0.25, 0.3) is 0 Å². The van der Waals surface area contributed by atoms with E-state index in [-0.39, 0.29) is 0 Å². The maximum Gasteiger partial charge on any atom is 0.214 e. The molecule has 1 N–H and O–H groups in total. The first-order valence-corrected chi connectivity index (χ1v) is 7.87. The highest BCUT2D eigenvalue weighted by molar-refractivity contribution is 6.06. The second-order valence-electron chi connectivity index (χ2n) is 5.96. The zero-order valence-electron chi connectivity index (χ0n) is 13.4. The largest absolute Gasteiger partial charge is 0.354 e. The van der Waals surface area contributed by atoms with Gasteiger partial charge in [0.2, 0.25) is 11.0 Å². The van der Waals surface area contributed by atoms with Gasteiger partial charge in [-0.15, -0.1) is 0 Å². The number of hydrogen-bond acceptors (Lipinski definition) is 1. The van der Waals surface area contributed by atoms with E-state index in [9.17, 15) is 0 Å². The minimum atomic E-state index is 1.11. The van der Waals surface area contributed by atoms with Crippen molar-refractivity contribution in [3.8, 4) is 0 Å². The summed E-state index contributed by atoms with van der Waals surface area (Å²) in [5.74, 6) is 0. The van der Waals surface area contributed by atoms with Gasteiger partial charge in [0.05, 0.1) is 16.5 Å². The molecule has 0 fully saturated rings. The summed E-state index contributed by atoms with van der Waals surface area (Å²) in [6, 6.07) is 25.6. The lowest BCUT2D eigenvalue weighted by atomic mass is 10.1. The molecule has 2 nitrogen and oxygen atoms in total. The van der Waals surface area contributed by atoms with E-state index in [1.807, 2.05) is 0 Å². The summed E-state index contributed by atoms with van der Waals surface area (Å²) in [7, 11) is 2.13. The maximum atomic E-state index is 3.63. The Labute approximate surface area is 136 Å². The zero-order valence-corrected chi connectivity index (χ0v) is 13.4. The van der Waals surface area contributed by atoms with Gasteiger partial charge in [-0.2, -0.15) is 4.57 Å². The molecule has 0 aliphatic carbocycles. The van der Waals surface area contributed by atoms with E-state index in [0.717, 1.165) is 11.4 Å². The molecule has 112 valence electrons. The number of nitrogens with one attached hydrogen (secondary N) is 1. The number of para-hydroxylation sites is 2. The highest BCUT2D eigenvalue weighted by Crippen LogP contribution is 2.31. The van der Waals surface area contributed by atoms with Gasteiger partial charge in [-0.25, -0.2) is 0 Å². The number of fused-ring (bicyclic) bond motifs is 2. The molecule has 0 radical (unpaired) electrons. The van der Waals surface area contributed by atoms with Crippen LogP contribution >= 0.6 is 0 Å². The molecular formula is C21H19N2+. The first-order valence-electron chi connectivity index (χ1n) is 7.87. The Morgan fingerprint density at radius 1 is 0.696 bits per heavy atom. The molecule has 3 aromatic carbocycles. The van der Waals surface area contributed by atoms with Crippen molar-refractivity contribution in [2.75, 3.05) is 5.32 Å². The highest BCUT2D eigenvalue weighted by atomic mass is 15.0. The van der Waals surface area contributed by atoms with Gasteiger partial charge in [-0.3, -0.25) is 0 Å². The van der Waals surface area contributed by atoms with Gasteiger partial charge in [0.15, 0.2) is 0 Å². The molecular weight excluding hydrogens is 280 g/mol. The average molecular weight is 299 g/mol. The van der Waals surface area contributed by atoms with Gasteiger partial charge in [-0.05, 0) is 31.2 Å². The van der Waals surface area contributed by atoms with Crippen LogP contribution in [0.4, 0.5) is 11.4 Å². The summed E-state index contributed by atoms with van der Waals surface area (Å²) in [6.07, 6.45) is 0. The lowest BCUT2D eigenvalue weighted by Crippen LogP contribution is -2.30. The molecule has 0 unspecified atom stereocenters. The van der Waals surface area contributed by atoms with Crippen molar-refractivity contribution >= 4 is 33.2 Å². The lowest BCUT2D eigenvalue weighted by Gasteiger charge is -2.12. The van der Waals surface area contributed by atoms with Crippen molar-refractivity contribution in [1.29, 1.82) is 0 Å². The summed E-state index contributed by atoms with van der Waals surface area (Å²) in [4.78, 5) is 0. The smallest absolute Gasteiger partial charge is 0.214 e. The Morgan fingerprint density at radius 2 is 1.22 bits per heavy atom. The Morgan fingerprint density at radius 3 is 1.78 bits per heavy atom. The number of hydrogen-bond donors (Lipinski definition) is 1. The molecule has 0 amide bonds. The molecule has 0 saturated carbocycles. The molecule has 0 atom stereocenters. The van der Waals surface area contributed by atoms with Crippen molar-refractivity contribution in [1.82, 2.24) is 0 Å². The quantitative estimate of drug-likeness (QED) is 0.412. The Kier molecular flexibility index (Phi) is 3.23. The zero-order chi connectivity index (χ0) is 15.8. The van der Waals surface area contributed by atoms with E-state index in [1.165, 1.54) is 27.4 Å². The van der Waals surface area contributed by atoms with Crippen molar-refractivity contribution < 1.29 is 4.57 Å². The van der Waals surface area contributed by atoms with Crippen LogP contribution in [0.2, 0.25) is 0 Å². The molecule has 1 heterocycles. The van der Waals surface area contributed by atoms with Crippen LogP contribution in [-0.2, 0) is 7.05 Å². The van der Waals surface area contributed by atoms with Crippen LogP contribution in [0, 0.1) is 6.92 Å². The van der Waals surface area contributed by atoms with Gasteiger partial charge in [0, 0.05) is 17.8 Å². The van der Waals surface area contributed by atoms with Crippen molar-refractivity contribution in [3.63, 3.8) is 0 Å². The predicted molar refractivity (Wildman–Crippen MR) is 97.1 cm³/mol. The van der Waals surface area contributed by atoms with E-state index < -0.39 is 0 Å². The van der Waals surface area contributed by atoms with E-state index in [2.05, 4.69) is 96.7 Å². The first-order chi connectivity index (χ1) is 11.2. The summed E-state index contributed by atoms with van der Waals surface area (Å²) < 4.78 is 2.25. The average Bonchev–Trinajstić information content (AvgIpc) is 2.60. The second-order valence-corrected chi connectivity index (χ2v) is 5.96. The van der Waals surface area contributed by atoms with E-state index in [1.54, 1.807) is 0 Å². The van der Waals surface area contributed by atoms with Crippen LogP contribution in [0.25, 0.3) is 21.8 Å². The third kappa shape index (κ3) is 2.33. The van der Waals surface area contributed by atoms with Crippen molar-refractivity contribution in [2.45, 2.75) is 6.92 Å². The van der Waals surface area contributed by atoms with Crippen LogP contribution < -0.4 is 9.88 Å². The van der Waals surface area contributed by atoms with Gasteiger partial charge >= 0.3 is 0 Å². The standard InChI is InChI=1S/C21H18N2/c1-15-11-13-16(14-12-15)22-21-17-7-3-5-9-19(17)23(2)20-10-6-4-8-18(20)21/h3-14H,1-2H3/p+1. The van der Waals surface area contributed by atoms with Gasteiger partial charge in [0.1, 0.15) is 7.05 Å². The molecule has 4 rings (SSSR count). The van der Waals surface area contributed by atoms with Gasteiger partial charge in [-0.1, -0.05) is 42.0 Å². The molecule has 1 aromatic heterocycles. The Hall–Kier alpha value is -2.87. The SMILES string of the molecule is Cc1ccc(Nc2c3ccccc3[n+](C)c3ccccc23)cc1. The molecule has 23 heavy (non-hydrogen) atoms. The van der Waals surface area contributed by atoms with Crippen LogP contribution in [-0.4, -0.2) is 0 Å². The highest BCUT2D eigenvalue weighted by Gasteiger charge is 2.17. The number of benzene rings is 3. The van der Waals surface area contributed by atoms with Crippen LogP contribution in [0.1, 0.15) is 5.56 Å². The van der Waals surface area contributed by atoms with E-state index in [4.69, 9.17) is 0 Å². The van der Waals surface area contributed by atoms with E-state index in [0.29, 0.717) is 0 Å². The number of rotatable bonds is 2.